The third-order valence-corrected chi connectivity index (χ3v) is 5.25. The van der Waals surface area contributed by atoms with E-state index in [4.69, 9.17) is 5.73 Å². The lowest BCUT2D eigenvalue weighted by molar-refractivity contribution is 0.0768. The van der Waals surface area contributed by atoms with Gasteiger partial charge in [-0.3, -0.25) is 4.79 Å². The van der Waals surface area contributed by atoms with E-state index in [1.165, 1.54) is 17.4 Å². The van der Waals surface area contributed by atoms with E-state index in [0.29, 0.717) is 28.1 Å². The Morgan fingerprint density at radius 3 is 2.95 bits per heavy atom. The number of nitrogen functional groups attached to an aromatic ring is 1. The number of aliphatic hydroxyl groups is 1. The minimum atomic E-state index is -0.431. The smallest absolute Gasteiger partial charge is 0.266 e. The number of rotatable bonds is 2. The van der Waals surface area contributed by atoms with Crippen molar-refractivity contribution in [3.05, 3.63) is 28.9 Å². The van der Waals surface area contributed by atoms with Crippen molar-refractivity contribution >= 4 is 33.0 Å². The molecule has 0 bridgehead atoms. The van der Waals surface area contributed by atoms with E-state index in [1.807, 2.05) is 0 Å². The predicted molar refractivity (Wildman–Crippen MR) is 81.9 cm³/mol. The molecule has 0 aliphatic carbocycles. The summed E-state index contributed by atoms with van der Waals surface area (Å²) >= 11 is 1.22. The number of aliphatic hydroxyl groups excluding tert-OH is 1. The minimum Gasteiger partial charge on any atom is -0.397 e. The largest absolute Gasteiger partial charge is 0.397 e. The molecule has 0 radical (unpaired) electrons. The average molecular weight is 308 g/mol. The Labute approximate surface area is 126 Å². The summed E-state index contributed by atoms with van der Waals surface area (Å²) in [5.74, 6) is -0.471. The normalized spacial score (nSPS) is 20.1. The second kappa shape index (κ2) is 5.27. The molecule has 3 rings (SSSR count). The molecule has 1 saturated heterocycles. The molecule has 2 unspecified atom stereocenters. The van der Waals surface area contributed by atoms with Crippen molar-refractivity contribution in [1.29, 1.82) is 0 Å². The molecular formula is C15H17FN2O2S. The standard InChI is InChI=1S/C15H17FN2O2S/c1-8(19)9-5-6-18(7-9)15(20)14-13(17)12-10(16)3-2-4-11(12)21-14/h2-4,8-9,19H,5-7,17H2,1H3. The van der Waals surface area contributed by atoms with Crippen molar-refractivity contribution in [3.8, 4) is 0 Å². The summed E-state index contributed by atoms with van der Waals surface area (Å²) < 4.78 is 14.5. The van der Waals surface area contributed by atoms with Crippen LogP contribution < -0.4 is 5.73 Å². The molecule has 2 aromatic rings. The summed E-state index contributed by atoms with van der Waals surface area (Å²) in [5.41, 5.74) is 6.20. The van der Waals surface area contributed by atoms with E-state index < -0.39 is 11.9 Å². The number of likely N-dealkylation sites (tertiary alicyclic amines) is 1. The number of thiophene rings is 1. The maximum atomic E-state index is 13.8. The van der Waals surface area contributed by atoms with Crippen LogP contribution in [0.15, 0.2) is 18.2 Å². The molecule has 1 aliphatic rings. The molecule has 1 aliphatic heterocycles. The Bertz CT molecular complexity index is 698. The van der Waals surface area contributed by atoms with Gasteiger partial charge in [-0.15, -0.1) is 11.3 Å². The van der Waals surface area contributed by atoms with Crippen LogP contribution in [0, 0.1) is 11.7 Å². The first-order valence-corrected chi connectivity index (χ1v) is 7.74. The first-order valence-electron chi connectivity index (χ1n) is 6.93. The molecule has 1 aromatic heterocycles. The van der Waals surface area contributed by atoms with E-state index in [0.717, 1.165) is 6.42 Å². The van der Waals surface area contributed by atoms with Crippen LogP contribution >= 0.6 is 11.3 Å². The first-order chi connectivity index (χ1) is 9.99. The summed E-state index contributed by atoms with van der Waals surface area (Å²) in [6, 6.07) is 4.72. The summed E-state index contributed by atoms with van der Waals surface area (Å²) in [4.78, 5) is 14.7. The zero-order chi connectivity index (χ0) is 15.1. The van der Waals surface area contributed by atoms with Crippen molar-refractivity contribution in [1.82, 2.24) is 4.90 Å². The van der Waals surface area contributed by atoms with Crippen molar-refractivity contribution in [3.63, 3.8) is 0 Å². The Morgan fingerprint density at radius 1 is 1.57 bits per heavy atom. The van der Waals surface area contributed by atoms with E-state index in [1.54, 1.807) is 24.0 Å². The number of amides is 1. The SMILES string of the molecule is CC(O)C1CCN(C(=O)c2sc3cccc(F)c3c2N)C1. The minimum absolute atomic E-state index is 0.0984. The lowest BCUT2D eigenvalue weighted by Gasteiger charge is -2.17. The second-order valence-electron chi connectivity index (χ2n) is 5.50. The fourth-order valence-corrected chi connectivity index (χ4v) is 3.90. The molecule has 1 fully saturated rings. The van der Waals surface area contributed by atoms with Gasteiger partial charge >= 0.3 is 0 Å². The lowest BCUT2D eigenvalue weighted by Crippen LogP contribution is -2.30. The monoisotopic (exact) mass is 308 g/mol. The van der Waals surface area contributed by atoms with E-state index in [9.17, 15) is 14.3 Å². The maximum Gasteiger partial charge on any atom is 0.266 e. The van der Waals surface area contributed by atoms with Gasteiger partial charge < -0.3 is 15.7 Å². The van der Waals surface area contributed by atoms with Gasteiger partial charge in [-0.25, -0.2) is 4.39 Å². The molecule has 2 heterocycles. The molecule has 3 N–H and O–H groups in total. The number of hydrogen-bond acceptors (Lipinski definition) is 4. The first kappa shape index (κ1) is 14.3. The summed E-state index contributed by atoms with van der Waals surface area (Å²) in [5, 5.41) is 9.95. The number of anilines is 1. The number of hydrogen-bond donors (Lipinski definition) is 2. The molecular weight excluding hydrogens is 291 g/mol. The third kappa shape index (κ3) is 2.38. The van der Waals surface area contributed by atoms with Crippen LogP contribution in [0.2, 0.25) is 0 Å². The number of nitrogens with two attached hydrogens (primary N) is 1. The topological polar surface area (TPSA) is 66.6 Å². The molecule has 112 valence electrons. The van der Waals surface area contributed by atoms with Gasteiger partial charge in [0.25, 0.3) is 5.91 Å². The van der Waals surface area contributed by atoms with Crippen molar-refractivity contribution in [2.24, 2.45) is 5.92 Å². The van der Waals surface area contributed by atoms with Gasteiger partial charge in [0.15, 0.2) is 0 Å². The number of carbonyl (C=O) groups is 1. The van der Waals surface area contributed by atoms with Gasteiger partial charge in [-0.1, -0.05) is 6.07 Å². The molecule has 4 nitrogen and oxygen atoms in total. The fraction of sp³-hybridized carbons (Fsp3) is 0.400. The van der Waals surface area contributed by atoms with Gasteiger partial charge in [0, 0.05) is 23.7 Å². The summed E-state index contributed by atoms with van der Waals surface area (Å²) in [7, 11) is 0. The quantitative estimate of drug-likeness (QED) is 0.895. The Morgan fingerprint density at radius 2 is 2.33 bits per heavy atom. The van der Waals surface area contributed by atoms with E-state index >= 15 is 0 Å². The third-order valence-electron chi connectivity index (χ3n) is 4.09. The van der Waals surface area contributed by atoms with Crippen LogP contribution in [0.25, 0.3) is 10.1 Å². The molecule has 21 heavy (non-hydrogen) atoms. The van der Waals surface area contributed by atoms with Crippen LogP contribution in [0.3, 0.4) is 0 Å². The molecule has 0 spiro atoms. The molecule has 0 saturated carbocycles. The molecule has 1 aromatic carbocycles. The Hall–Kier alpha value is -1.66. The zero-order valence-electron chi connectivity index (χ0n) is 11.7. The molecule has 1 amide bonds. The Balaban J connectivity index is 1.93. The van der Waals surface area contributed by atoms with Crippen molar-refractivity contribution in [2.45, 2.75) is 19.4 Å². The summed E-state index contributed by atoms with van der Waals surface area (Å²) in [6.45, 7) is 2.86. The van der Waals surface area contributed by atoms with Crippen LogP contribution in [-0.4, -0.2) is 35.1 Å². The number of halogens is 1. The molecule has 6 heteroatoms. The predicted octanol–water partition coefficient (Wildman–Crippen LogP) is 2.47. The van der Waals surface area contributed by atoms with Crippen LogP contribution in [0.1, 0.15) is 23.0 Å². The lowest BCUT2D eigenvalue weighted by atomic mass is 10.0. The van der Waals surface area contributed by atoms with Gasteiger partial charge in [-0.2, -0.15) is 0 Å². The van der Waals surface area contributed by atoms with E-state index in [2.05, 4.69) is 0 Å². The van der Waals surface area contributed by atoms with Gasteiger partial charge in [0.2, 0.25) is 0 Å². The highest BCUT2D eigenvalue weighted by Gasteiger charge is 2.31. The average Bonchev–Trinajstić information content (AvgIpc) is 3.04. The van der Waals surface area contributed by atoms with Crippen molar-refractivity contribution in [2.75, 3.05) is 18.8 Å². The van der Waals surface area contributed by atoms with Gasteiger partial charge in [0.1, 0.15) is 10.7 Å². The van der Waals surface area contributed by atoms with Crippen molar-refractivity contribution < 1.29 is 14.3 Å². The van der Waals surface area contributed by atoms with Gasteiger partial charge in [0.05, 0.1) is 17.2 Å². The van der Waals surface area contributed by atoms with Crippen LogP contribution in [0.4, 0.5) is 10.1 Å². The van der Waals surface area contributed by atoms with Crippen LogP contribution in [0.5, 0.6) is 0 Å². The highest BCUT2D eigenvalue weighted by atomic mass is 32.1. The summed E-state index contributed by atoms with van der Waals surface area (Å²) in [6.07, 6.45) is 0.350. The van der Waals surface area contributed by atoms with Crippen LogP contribution in [-0.2, 0) is 0 Å². The second-order valence-corrected chi connectivity index (χ2v) is 6.55. The Kier molecular flexibility index (Phi) is 3.59. The zero-order valence-corrected chi connectivity index (χ0v) is 12.5. The molecule has 2 atom stereocenters. The number of nitrogens with zero attached hydrogens (tertiary/aromatic N) is 1. The number of fused-ring (bicyclic) bond motifs is 1. The number of carbonyl (C=O) groups excluding carboxylic acids is 1. The highest BCUT2D eigenvalue weighted by molar-refractivity contribution is 7.21. The van der Waals surface area contributed by atoms with Gasteiger partial charge in [-0.05, 0) is 25.5 Å². The highest BCUT2D eigenvalue weighted by Crippen LogP contribution is 2.36. The van der Waals surface area contributed by atoms with E-state index in [-0.39, 0.29) is 17.5 Å². The number of benzene rings is 1. The maximum absolute atomic E-state index is 13.8. The fourth-order valence-electron chi connectivity index (χ4n) is 2.80.